The van der Waals surface area contributed by atoms with E-state index < -0.39 is 0 Å². The third kappa shape index (κ3) is 3.95. The highest BCUT2D eigenvalue weighted by Crippen LogP contribution is 2.06. The summed E-state index contributed by atoms with van der Waals surface area (Å²) in [6.07, 6.45) is 0. The second-order valence-electron chi connectivity index (χ2n) is 4.29. The number of hydrogen-bond donors (Lipinski definition) is 0. The molecule has 2 aromatic carbocycles. The van der Waals surface area contributed by atoms with Gasteiger partial charge in [-0.2, -0.15) is 0 Å². The van der Waals surface area contributed by atoms with E-state index in [1.54, 1.807) is 0 Å². The van der Waals surface area contributed by atoms with Crippen LogP contribution >= 0.6 is 0 Å². The van der Waals surface area contributed by atoms with Crippen molar-refractivity contribution in [1.29, 1.82) is 0 Å². The van der Waals surface area contributed by atoms with Crippen molar-refractivity contribution < 1.29 is 0 Å². The fourth-order valence-corrected chi connectivity index (χ4v) is 1.53. The van der Waals surface area contributed by atoms with E-state index in [2.05, 4.69) is 23.8 Å². The van der Waals surface area contributed by atoms with E-state index in [-0.39, 0.29) is 0 Å². The average molecular weight is 245 g/mol. The summed E-state index contributed by atoms with van der Waals surface area (Å²) in [7, 11) is 3.84. The fraction of sp³-hybridized carbons (Fsp3) is 0.111. The van der Waals surface area contributed by atoms with E-state index in [1.165, 1.54) is 0 Å². The second kappa shape index (κ2) is 6.34. The zero-order valence-electron chi connectivity index (χ0n) is 11.1. The van der Waals surface area contributed by atoms with Crippen molar-refractivity contribution in [3.05, 3.63) is 71.3 Å². The van der Waals surface area contributed by atoms with E-state index in [9.17, 15) is 0 Å². The lowest BCUT2D eigenvalue weighted by Gasteiger charge is -1.99. The van der Waals surface area contributed by atoms with Crippen LogP contribution in [-0.2, 0) is 0 Å². The Balaban J connectivity index is 2.32. The molecule has 0 heterocycles. The minimum atomic E-state index is 0.958. The third-order valence-electron chi connectivity index (χ3n) is 2.46. The van der Waals surface area contributed by atoms with Gasteiger partial charge in [0.05, 0.1) is 0 Å². The van der Waals surface area contributed by atoms with Gasteiger partial charge in [-0.15, -0.1) is 0 Å². The van der Waals surface area contributed by atoms with Crippen molar-refractivity contribution in [2.75, 3.05) is 14.1 Å². The molecule has 0 aliphatic carbocycles. The standard InChI is InChI=1S/C18H15N/c1-19(2)15-14-18-11-7-6-10-17(18)13-12-16-8-4-3-5-9-16/h3-11H,1-2H3. The van der Waals surface area contributed by atoms with Gasteiger partial charge < -0.3 is 4.90 Å². The molecule has 19 heavy (non-hydrogen) atoms. The molecule has 1 heteroatoms. The molecule has 0 N–H and O–H groups in total. The van der Waals surface area contributed by atoms with Crippen molar-refractivity contribution >= 4 is 0 Å². The van der Waals surface area contributed by atoms with Crippen molar-refractivity contribution in [3.8, 4) is 23.8 Å². The van der Waals surface area contributed by atoms with Gasteiger partial charge in [0.1, 0.15) is 0 Å². The summed E-state index contributed by atoms with van der Waals surface area (Å²) in [5.74, 6) is 9.46. The number of hydrogen-bond acceptors (Lipinski definition) is 1. The Kier molecular flexibility index (Phi) is 4.27. The van der Waals surface area contributed by atoms with Crippen molar-refractivity contribution in [1.82, 2.24) is 4.90 Å². The predicted octanol–water partition coefficient (Wildman–Crippen LogP) is 2.96. The Hall–Kier alpha value is -2.64. The first-order valence-corrected chi connectivity index (χ1v) is 6.11. The highest BCUT2D eigenvalue weighted by molar-refractivity contribution is 5.52. The molecule has 92 valence electrons. The van der Waals surface area contributed by atoms with Crippen LogP contribution in [0.1, 0.15) is 16.7 Å². The molecule has 0 unspecified atom stereocenters. The topological polar surface area (TPSA) is 3.24 Å². The lowest BCUT2D eigenvalue weighted by atomic mass is 10.1. The van der Waals surface area contributed by atoms with Gasteiger partial charge in [-0.3, -0.25) is 0 Å². The lowest BCUT2D eigenvalue weighted by Crippen LogP contribution is -2.01. The first kappa shape index (κ1) is 12.8. The van der Waals surface area contributed by atoms with Crippen molar-refractivity contribution in [2.24, 2.45) is 0 Å². The summed E-state index contributed by atoms with van der Waals surface area (Å²) < 4.78 is 0. The Labute approximate surface area is 114 Å². The van der Waals surface area contributed by atoms with Gasteiger partial charge in [0.25, 0.3) is 0 Å². The number of benzene rings is 2. The molecule has 0 saturated carbocycles. The lowest BCUT2D eigenvalue weighted by molar-refractivity contribution is 0.597. The molecule has 0 saturated heterocycles. The largest absolute Gasteiger partial charge is 0.338 e. The van der Waals surface area contributed by atoms with E-state index in [4.69, 9.17) is 0 Å². The Morgan fingerprint density at radius 1 is 0.684 bits per heavy atom. The maximum Gasteiger partial charge on any atom is 0.0420 e. The van der Waals surface area contributed by atoms with Crippen molar-refractivity contribution in [2.45, 2.75) is 0 Å². The van der Waals surface area contributed by atoms with Gasteiger partial charge in [0, 0.05) is 36.8 Å². The smallest absolute Gasteiger partial charge is 0.0420 e. The zero-order chi connectivity index (χ0) is 13.5. The van der Waals surface area contributed by atoms with E-state index in [0.717, 1.165) is 16.7 Å². The molecule has 0 fully saturated rings. The van der Waals surface area contributed by atoms with Crippen LogP contribution in [0.2, 0.25) is 0 Å². The summed E-state index contributed by atoms with van der Waals surface area (Å²) in [5.41, 5.74) is 2.93. The summed E-state index contributed by atoms with van der Waals surface area (Å²) in [6.45, 7) is 0. The van der Waals surface area contributed by atoms with E-state index >= 15 is 0 Å². The quantitative estimate of drug-likeness (QED) is 0.509. The van der Waals surface area contributed by atoms with Crippen LogP contribution in [0.5, 0.6) is 0 Å². The summed E-state index contributed by atoms with van der Waals surface area (Å²) in [6, 6.07) is 20.9. The van der Waals surface area contributed by atoms with Crippen LogP contribution in [0.3, 0.4) is 0 Å². The van der Waals surface area contributed by atoms with Crippen LogP contribution in [-0.4, -0.2) is 19.0 Å². The molecule has 0 amide bonds. The maximum absolute atomic E-state index is 3.18. The normalized spacial score (nSPS) is 8.74. The van der Waals surface area contributed by atoms with Gasteiger partial charge in [-0.05, 0) is 30.2 Å². The van der Waals surface area contributed by atoms with Gasteiger partial charge in [0.15, 0.2) is 0 Å². The second-order valence-corrected chi connectivity index (χ2v) is 4.29. The average Bonchev–Trinajstić information content (AvgIpc) is 2.45. The number of nitrogens with zero attached hydrogens (tertiary/aromatic N) is 1. The van der Waals surface area contributed by atoms with Gasteiger partial charge in [-0.25, -0.2) is 0 Å². The number of rotatable bonds is 0. The first-order valence-electron chi connectivity index (χ1n) is 6.11. The molecule has 0 aliphatic rings. The van der Waals surface area contributed by atoms with Crippen molar-refractivity contribution in [3.63, 3.8) is 0 Å². The Morgan fingerprint density at radius 3 is 1.89 bits per heavy atom. The molecule has 1 nitrogen and oxygen atoms in total. The molecular weight excluding hydrogens is 230 g/mol. The molecule has 0 radical (unpaired) electrons. The molecule has 0 spiro atoms. The minimum absolute atomic E-state index is 0.958. The van der Waals surface area contributed by atoms with Gasteiger partial charge >= 0.3 is 0 Å². The van der Waals surface area contributed by atoms with Crippen LogP contribution in [0.4, 0.5) is 0 Å². The highest BCUT2D eigenvalue weighted by Gasteiger charge is 1.94. The Morgan fingerprint density at radius 2 is 1.26 bits per heavy atom. The van der Waals surface area contributed by atoms with Gasteiger partial charge in [-0.1, -0.05) is 42.2 Å². The molecule has 2 aromatic rings. The molecule has 0 aromatic heterocycles. The van der Waals surface area contributed by atoms with Crippen LogP contribution in [0.25, 0.3) is 0 Å². The van der Waals surface area contributed by atoms with E-state index in [1.807, 2.05) is 73.6 Å². The predicted molar refractivity (Wildman–Crippen MR) is 79.4 cm³/mol. The minimum Gasteiger partial charge on any atom is -0.338 e. The molecule has 0 atom stereocenters. The van der Waals surface area contributed by atoms with Crippen LogP contribution in [0, 0.1) is 23.8 Å². The first-order chi connectivity index (χ1) is 9.25. The molecule has 0 bridgehead atoms. The highest BCUT2D eigenvalue weighted by atomic mass is 15.0. The molecular formula is C18H15N. The molecule has 0 aliphatic heterocycles. The Bertz CT molecular complexity index is 661. The molecule has 2 rings (SSSR count). The zero-order valence-corrected chi connectivity index (χ0v) is 11.1. The van der Waals surface area contributed by atoms with Gasteiger partial charge in [0.2, 0.25) is 0 Å². The monoisotopic (exact) mass is 245 g/mol. The summed E-state index contributed by atoms with van der Waals surface area (Å²) in [5, 5.41) is 0. The summed E-state index contributed by atoms with van der Waals surface area (Å²) >= 11 is 0. The third-order valence-corrected chi connectivity index (χ3v) is 2.46. The van der Waals surface area contributed by atoms with Crippen LogP contribution in [0.15, 0.2) is 54.6 Å². The maximum atomic E-state index is 3.18. The fourth-order valence-electron chi connectivity index (χ4n) is 1.53. The van der Waals surface area contributed by atoms with Crippen LogP contribution < -0.4 is 0 Å². The SMILES string of the molecule is CN(C)C#Cc1ccccc1C#Cc1ccccc1. The van der Waals surface area contributed by atoms with E-state index in [0.29, 0.717) is 0 Å². The summed E-state index contributed by atoms with van der Waals surface area (Å²) in [4.78, 5) is 1.83.